The molecule has 0 radical (unpaired) electrons. The van der Waals surface area contributed by atoms with E-state index in [9.17, 15) is 13.7 Å². The Balaban J connectivity index is 1.75. The second-order valence-electron chi connectivity index (χ2n) is 8.39. The lowest BCUT2D eigenvalue weighted by Gasteiger charge is -2.34. The van der Waals surface area contributed by atoms with Crippen LogP contribution in [0.2, 0.25) is 0 Å². The van der Waals surface area contributed by atoms with Crippen LogP contribution in [0.3, 0.4) is 0 Å². The molecule has 1 saturated carbocycles. The fourth-order valence-corrected chi connectivity index (χ4v) is 5.68. The Morgan fingerprint density at radius 2 is 2.10 bits per heavy atom. The second kappa shape index (κ2) is 7.04. The third-order valence-electron chi connectivity index (χ3n) is 6.29. The number of ether oxygens (including phenoxy) is 1. The number of aromatic amines is 1. The third-order valence-corrected chi connectivity index (χ3v) is 8.33. The van der Waals surface area contributed by atoms with Crippen molar-refractivity contribution < 1.29 is 13.2 Å². The zero-order valence-electron chi connectivity index (χ0n) is 17.4. The topological polar surface area (TPSA) is 112 Å². The summed E-state index contributed by atoms with van der Waals surface area (Å²) in [6.07, 6.45) is 4.19. The number of hydrogen-bond donors (Lipinski definition) is 1. The van der Waals surface area contributed by atoms with Crippen LogP contribution in [-0.2, 0) is 19.3 Å². The molecule has 1 aliphatic carbocycles. The van der Waals surface area contributed by atoms with Gasteiger partial charge in [0.1, 0.15) is 10.6 Å². The van der Waals surface area contributed by atoms with Crippen molar-refractivity contribution in [2.75, 3.05) is 30.9 Å². The molecule has 1 unspecified atom stereocenters. The molecule has 1 aliphatic heterocycles. The number of benzene rings is 1. The Hall–Kier alpha value is -2.96. The number of nitrogens with one attached hydrogen (secondary N) is 1. The molecule has 9 heteroatoms. The van der Waals surface area contributed by atoms with Gasteiger partial charge in [0.2, 0.25) is 0 Å². The maximum atomic E-state index is 12.6. The SMILES string of the molecule is CC1COCCN1c1cc(C2(S(C)(=O)=O)CC2)nc(-c2cc(C#N)cc3[nH]ccc23)n1. The Morgan fingerprint density at radius 3 is 2.77 bits per heavy atom. The van der Waals surface area contributed by atoms with Crippen molar-refractivity contribution >= 4 is 26.6 Å². The van der Waals surface area contributed by atoms with Crippen LogP contribution in [-0.4, -0.2) is 55.4 Å². The van der Waals surface area contributed by atoms with Gasteiger partial charge in [-0.1, -0.05) is 0 Å². The summed E-state index contributed by atoms with van der Waals surface area (Å²) in [5.74, 6) is 1.12. The summed E-state index contributed by atoms with van der Waals surface area (Å²) in [5, 5.41) is 10.4. The molecule has 0 bridgehead atoms. The quantitative estimate of drug-likeness (QED) is 0.668. The molecular formula is C22H23N5O3S. The predicted octanol–water partition coefficient (Wildman–Crippen LogP) is 2.76. The summed E-state index contributed by atoms with van der Waals surface area (Å²) in [5.41, 5.74) is 2.54. The summed E-state index contributed by atoms with van der Waals surface area (Å²) in [4.78, 5) is 14.9. The number of nitrogens with zero attached hydrogens (tertiary/aromatic N) is 4. The maximum Gasteiger partial charge on any atom is 0.162 e. The van der Waals surface area contributed by atoms with Gasteiger partial charge >= 0.3 is 0 Å². The van der Waals surface area contributed by atoms with E-state index in [1.165, 1.54) is 6.26 Å². The van der Waals surface area contributed by atoms with Gasteiger partial charge in [0.05, 0.1) is 36.6 Å². The molecule has 1 saturated heterocycles. The fraction of sp³-hybridized carbons (Fsp3) is 0.409. The first-order valence-electron chi connectivity index (χ1n) is 10.3. The van der Waals surface area contributed by atoms with E-state index in [1.807, 2.05) is 18.3 Å². The Bertz CT molecular complexity index is 1320. The molecule has 1 atom stereocenters. The Morgan fingerprint density at radius 1 is 1.29 bits per heavy atom. The molecule has 1 aromatic carbocycles. The van der Waals surface area contributed by atoms with Crippen LogP contribution in [0.4, 0.5) is 5.82 Å². The van der Waals surface area contributed by atoms with E-state index in [4.69, 9.17) is 14.7 Å². The predicted molar refractivity (Wildman–Crippen MR) is 117 cm³/mol. The Kier molecular flexibility index (Phi) is 4.53. The minimum atomic E-state index is -3.34. The number of sulfone groups is 1. The molecule has 0 amide bonds. The highest BCUT2D eigenvalue weighted by Gasteiger charge is 2.55. The van der Waals surface area contributed by atoms with Crippen LogP contribution in [0.1, 0.15) is 31.0 Å². The first-order valence-corrected chi connectivity index (χ1v) is 12.2. The average molecular weight is 438 g/mol. The first kappa shape index (κ1) is 20.0. The van der Waals surface area contributed by atoms with E-state index in [2.05, 4.69) is 22.9 Å². The molecule has 3 heterocycles. The van der Waals surface area contributed by atoms with Crippen LogP contribution in [0.25, 0.3) is 22.3 Å². The van der Waals surface area contributed by atoms with Crippen molar-refractivity contribution in [1.29, 1.82) is 5.26 Å². The fourth-order valence-electron chi connectivity index (χ4n) is 4.35. The third kappa shape index (κ3) is 3.27. The van der Waals surface area contributed by atoms with Gasteiger partial charge in [-0.25, -0.2) is 18.4 Å². The number of H-pyrrole nitrogens is 1. The van der Waals surface area contributed by atoms with E-state index in [1.54, 1.807) is 12.1 Å². The zero-order chi connectivity index (χ0) is 21.8. The maximum absolute atomic E-state index is 12.6. The van der Waals surface area contributed by atoms with Crippen molar-refractivity contribution in [3.8, 4) is 17.5 Å². The van der Waals surface area contributed by atoms with Crippen molar-refractivity contribution in [2.45, 2.75) is 30.6 Å². The van der Waals surface area contributed by atoms with Crippen molar-refractivity contribution in [1.82, 2.24) is 15.0 Å². The van der Waals surface area contributed by atoms with Gasteiger partial charge in [0.25, 0.3) is 0 Å². The smallest absolute Gasteiger partial charge is 0.162 e. The van der Waals surface area contributed by atoms with Crippen LogP contribution in [0, 0.1) is 11.3 Å². The zero-order valence-corrected chi connectivity index (χ0v) is 18.2. The molecule has 1 N–H and O–H groups in total. The molecule has 8 nitrogen and oxygen atoms in total. The molecule has 0 spiro atoms. The van der Waals surface area contributed by atoms with Crippen molar-refractivity contribution in [2.24, 2.45) is 0 Å². The minimum Gasteiger partial charge on any atom is -0.377 e. The largest absolute Gasteiger partial charge is 0.377 e. The lowest BCUT2D eigenvalue weighted by atomic mass is 10.1. The summed E-state index contributed by atoms with van der Waals surface area (Å²) in [7, 11) is -3.34. The minimum absolute atomic E-state index is 0.107. The van der Waals surface area contributed by atoms with Gasteiger partial charge in [0, 0.05) is 41.5 Å². The normalized spacial score (nSPS) is 20.5. The van der Waals surface area contributed by atoms with Crippen molar-refractivity contribution in [3.05, 3.63) is 41.7 Å². The summed E-state index contributed by atoms with van der Waals surface area (Å²) >= 11 is 0. The van der Waals surface area contributed by atoms with Gasteiger partial charge in [-0.05, 0) is 38.0 Å². The molecule has 160 valence electrons. The number of anilines is 1. The first-order chi connectivity index (χ1) is 14.8. The number of rotatable bonds is 4. The number of fused-ring (bicyclic) bond motifs is 1. The standard InChI is InChI=1S/C22H23N5O3S/c1-14-13-30-8-7-27(14)20-11-19(22(4-5-22)31(2,28)29)25-21(26-20)17-9-15(12-23)10-18-16(17)3-6-24-18/h3,6,9-11,14,24H,4-5,7-8,13H2,1-2H3. The van der Waals surface area contributed by atoms with E-state index in [-0.39, 0.29) is 6.04 Å². The lowest BCUT2D eigenvalue weighted by Crippen LogP contribution is -2.44. The van der Waals surface area contributed by atoms with Gasteiger partial charge in [-0.2, -0.15) is 5.26 Å². The molecule has 5 rings (SSSR count). The van der Waals surface area contributed by atoms with Crippen LogP contribution in [0.15, 0.2) is 30.5 Å². The molecule has 2 aromatic heterocycles. The highest BCUT2D eigenvalue weighted by Crippen LogP contribution is 2.52. The number of hydrogen-bond acceptors (Lipinski definition) is 7. The van der Waals surface area contributed by atoms with Gasteiger partial charge in [-0.3, -0.25) is 0 Å². The molecule has 2 aliphatic rings. The number of aromatic nitrogens is 3. The molecule has 3 aromatic rings. The van der Waals surface area contributed by atoms with Crippen LogP contribution in [0.5, 0.6) is 0 Å². The van der Waals surface area contributed by atoms with Crippen molar-refractivity contribution in [3.63, 3.8) is 0 Å². The number of morpholine rings is 1. The van der Waals surface area contributed by atoms with Gasteiger partial charge < -0.3 is 14.6 Å². The van der Waals surface area contributed by atoms with Gasteiger partial charge in [0.15, 0.2) is 15.7 Å². The molecule has 2 fully saturated rings. The number of nitriles is 1. The average Bonchev–Trinajstić information content (AvgIpc) is 3.45. The van der Waals surface area contributed by atoms with Crippen LogP contribution >= 0.6 is 0 Å². The summed E-state index contributed by atoms with van der Waals surface area (Å²) < 4.78 is 29.9. The Labute approximate surface area is 180 Å². The van der Waals surface area contributed by atoms with Gasteiger partial charge in [-0.15, -0.1) is 0 Å². The monoisotopic (exact) mass is 437 g/mol. The second-order valence-corrected chi connectivity index (χ2v) is 10.7. The molecular weight excluding hydrogens is 414 g/mol. The van der Waals surface area contributed by atoms with E-state index in [0.717, 1.165) is 10.9 Å². The summed E-state index contributed by atoms with van der Waals surface area (Å²) in [6.45, 7) is 3.89. The summed E-state index contributed by atoms with van der Waals surface area (Å²) in [6, 6.07) is 9.58. The van der Waals surface area contributed by atoms with E-state index < -0.39 is 14.6 Å². The highest BCUT2D eigenvalue weighted by atomic mass is 32.2. The highest BCUT2D eigenvalue weighted by molar-refractivity contribution is 7.91. The molecule has 31 heavy (non-hydrogen) atoms. The van der Waals surface area contributed by atoms with E-state index in [0.29, 0.717) is 61.1 Å². The van der Waals surface area contributed by atoms with Crippen LogP contribution < -0.4 is 4.90 Å². The van der Waals surface area contributed by atoms with E-state index >= 15 is 0 Å². The lowest BCUT2D eigenvalue weighted by molar-refractivity contribution is 0.0985.